The summed E-state index contributed by atoms with van der Waals surface area (Å²) in [5.41, 5.74) is 10.5. The van der Waals surface area contributed by atoms with Gasteiger partial charge in [-0.2, -0.15) is 0 Å². The smallest absolute Gasteiger partial charge is 0.115 e. The first-order chi connectivity index (χ1) is 10.2. The van der Waals surface area contributed by atoms with Crippen LogP contribution in [0.4, 0.5) is 0 Å². The number of aryl methyl sites for hydroxylation is 1. The molecule has 5 nitrogen and oxygen atoms in total. The molecule has 106 valence electrons. The number of hydrogen-bond acceptors (Lipinski definition) is 4. The molecule has 3 N–H and O–H groups in total. The first-order valence-electron chi connectivity index (χ1n) is 6.70. The van der Waals surface area contributed by atoms with Gasteiger partial charge in [-0.15, -0.1) is 5.10 Å². The third-order valence-electron chi connectivity index (χ3n) is 3.43. The Morgan fingerprint density at radius 3 is 2.48 bits per heavy atom. The Bertz CT molecular complexity index is 762. The topological polar surface area (TPSA) is 77.0 Å². The quantitative estimate of drug-likeness (QED) is 0.772. The molecule has 0 amide bonds. The number of nitrogens with two attached hydrogens (primary N) is 1. The predicted octanol–water partition coefficient (Wildman–Crippen LogP) is 2.41. The molecular formula is C16H16N4O. The lowest BCUT2D eigenvalue weighted by Crippen LogP contribution is -2.03. The van der Waals surface area contributed by atoms with Crippen LogP contribution in [0.3, 0.4) is 0 Å². The van der Waals surface area contributed by atoms with E-state index in [0.717, 1.165) is 28.2 Å². The Hall–Kier alpha value is -2.66. The number of rotatable bonds is 3. The maximum Gasteiger partial charge on any atom is 0.115 e. The van der Waals surface area contributed by atoms with E-state index >= 15 is 0 Å². The first kappa shape index (κ1) is 13.3. The highest BCUT2D eigenvalue weighted by Crippen LogP contribution is 2.28. The van der Waals surface area contributed by atoms with Crippen LogP contribution < -0.4 is 5.73 Å². The van der Waals surface area contributed by atoms with Gasteiger partial charge >= 0.3 is 0 Å². The number of aromatic nitrogens is 3. The van der Waals surface area contributed by atoms with E-state index in [4.69, 9.17) is 5.73 Å². The number of hydrogen-bond donors (Lipinski definition) is 2. The summed E-state index contributed by atoms with van der Waals surface area (Å²) in [6.45, 7) is 2.37. The molecule has 5 heteroatoms. The molecule has 3 rings (SSSR count). The standard InChI is InChI=1S/C16H16N4O/c1-11-4-2-3-5-14(11)16-15(10-17)18-19-20(16)12-6-8-13(21)9-7-12/h2-9,21H,10,17H2,1H3. The van der Waals surface area contributed by atoms with Gasteiger partial charge in [0, 0.05) is 12.1 Å². The molecule has 0 radical (unpaired) electrons. The minimum absolute atomic E-state index is 0.218. The number of benzene rings is 2. The van der Waals surface area contributed by atoms with Crippen molar-refractivity contribution in [3.63, 3.8) is 0 Å². The second kappa shape index (κ2) is 5.38. The predicted molar refractivity (Wildman–Crippen MR) is 81.1 cm³/mol. The molecule has 1 aromatic heterocycles. The van der Waals surface area contributed by atoms with Crippen molar-refractivity contribution in [2.75, 3.05) is 0 Å². The van der Waals surface area contributed by atoms with Crippen LogP contribution in [0.5, 0.6) is 5.75 Å². The van der Waals surface area contributed by atoms with E-state index < -0.39 is 0 Å². The number of phenolic OH excluding ortho intramolecular Hbond substituents is 1. The van der Waals surface area contributed by atoms with Crippen molar-refractivity contribution >= 4 is 0 Å². The molecule has 0 atom stereocenters. The maximum atomic E-state index is 9.42. The van der Waals surface area contributed by atoms with Gasteiger partial charge in [0.2, 0.25) is 0 Å². The van der Waals surface area contributed by atoms with Gasteiger partial charge in [0.25, 0.3) is 0 Å². The Labute approximate surface area is 122 Å². The van der Waals surface area contributed by atoms with Crippen LogP contribution in [0, 0.1) is 6.92 Å². The van der Waals surface area contributed by atoms with E-state index in [0.29, 0.717) is 6.54 Å². The van der Waals surface area contributed by atoms with Crippen LogP contribution in [0.1, 0.15) is 11.3 Å². The fourth-order valence-corrected chi connectivity index (χ4v) is 2.33. The normalized spacial score (nSPS) is 10.8. The highest BCUT2D eigenvalue weighted by Gasteiger charge is 2.16. The average molecular weight is 280 g/mol. The molecule has 0 aliphatic carbocycles. The van der Waals surface area contributed by atoms with Crippen LogP contribution in [-0.4, -0.2) is 20.1 Å². The molecule has 2 aromatic carbocycles. The molecular weight excluding hydrogens is 264 g/mol. The minimum Gasteiger partial charge on any atom is -0.508 e. The molecule has 1 heterocycles. The van der Waals surface area contributed by atoms with E-state index in [-0.39, 0.29) is 5.75 Å². The molecule has 0 bridgehead atoms. The molecule has 0 saturated heterocycles. The molecule has 0 aliphatic rings. The lowest BCUT2D eigenvalue weighted by atomic mass is 10.0. The second-order valence-corrected chi connectivity index (χ2v) is 4.83. The third kappa shape index (κ3) is 2.39. The number of aromatic hydroxyl groups is 1. The summed E-state index contributed by atoms with van der Waals surface area (Å²) < 4.78 is 1.75. The van der Waals surface area contributed by atoms with E-state index in [9.17, 15) is 5.11 Å². The summed E-state index contributed by atoms with van der Waals surface area (Å²) in [5.74, 6) is 0.218. The van der Waals surface area contributed by atoms with E-state index in [1.807, 2.05) is 31.2 Å². The molecule has 0 aliphatic heterocycles. The van der Waals surface area contributed by atoms with Crippen LogP contribution in [0.2, 0.25) is 0 Å². The van der Waals surface area contributed by atoms with E-state index in [2.05, 4.69) is 10.3 Å². The van der Waals surface area contributed by atoms with Gasteiger partial charge in [-0.25, -0.2) is 4.68 Å². The van der Waals surface area contributed by atoms with Gasteiger partial charge in [0.15, 0.2) is 0 Å². The summed E-state index contributed by atoms with van der Waals surface area (Å²) in [5, 5.41) is 17.8. The monoisotopic (exact) mass is 280 g/mol. The van der Waals surface area contributed by atoms with Crippen molar-refractivity contribution in [2.45, 2.75) is 13.5 Å². The molecule has 0 saturated carbocycles. The van der Waals surface area contributed by atoms with Gasteiger partial charge in [-0.05, 0) is 36.8 Å². The van der Waals surface area contributed by atoms with E-state index in [1.165, 1.54) is 0 Å². The van der Waals surface area contributed by atoms with Crippen molar-refractivity contribution in [2.24, 2.45) is 5.73 Å². The van der Waals surface area contributed by atoms with Crippen molar-refractivity contribution < 1.29 is 5.11 Å². The lowest BCUT2D eigenvalue weighted by Gasteiger charge is -2.10. The Balaban J connectivity index is 2.22. The fourth-order valence-electron chi connectivity index (χ4n) is 2.33. The average Bonchev–Trinajstić information content (AvgIpc) is 2.92. The second-order valence-electron chi connectivity index (χ2n) is 4.83. The summed E-state index contributed by atoms with van der Waals surface area (Å²) in [6, 6.07) is 14.9. The molecule has 0 spiro atoms. The van der Waals surface area contributed by atoms with Gasteiger partial charge in [0.05, 0.1) is 11.4 Å². The zero-order chi connectivity index (χ0) is 14.8. The summed E-state index contributed by atoms with van der Waals surface area (Å²) >= 11 is 0. The molecule has 21 heavy (non-hydrogen) atoms. The first-order valence-corrected chi connectivity index (χ1v) is 6.70. The summed E-state index contributed by atoms with van der Waals surface area (Å²) in [4.78, 5) is 0. The SMILES string of the molecule is Cc1ccccc1-c1c(CN)nnn1-c1ccc(O)cc1. The van der Waals surface area contributed by atoms with Crippen molar-refractivity contribution in [1.82, 2.24) is 15.0 Å². The summed E-state index contributed by atoms with van der Waals surface area (Å²) in [7, 11) is 0. The Morgan fingerprint density at radius 2 is 1.81 bits per heavy atom. The largest absolute Gasteiger partial charge is 0.508 e. The van der Waals surface area contributed by atoms with Gasteiger partial charge in [0.1, 0.15) is 11.4 Å². The Kier molecular flexibility index (Phi) is 3.41. The lowest BCUT2D eigenvalue weighted by molar-refractivity contribution is 0.475. The third-order valence-corrected chi connectivity index (χ3v) is 3.43. The van der Waals surface area contributed by atoms with Crippen molar-refractivity contribution in [1.29, 1.82) is 0 Å². The van der Waals surface area contributed by atoms with Crippen LogP contribution >= 0.6 is 0 Å². The van der Waals surface area contributed by atoms with Crippen LogP contribution in [0.25, 0.3) is 16.9 Å². The van der Waals surface area contributed by atoms with Gasteiger partial charge < -0.3 is 10.8 Å². The molecule has 0 unspecified atom stereocenters. The van der Waals surface area contributed by atoms with Crippen LogP contribution in [-0.2, 0) is 6.54 Å². The zero-order valence-corrected chi connectivity index (χ0v) is 11.7. The van der Waals surface area contributed by atoms with Crippen molar-refractivity contribution in [3.8, 4) is 22.7 Å². The molecule has 3 aromatic rings. The minimum atomic E-state index is 0.218. The fraction of sp³-hybridized carbons (Fsp3) is 0.125. The van der Waals surface area contributed by atoms with Gasteiger partial charge in [-0.1, -0.05) is 29.5 Å². The van der Waals surface area contributed by atoms with E-state index in [1.54, 1.807) is 28.9 Å². The van der Waals surface area contributed by atoms with Gasteiger partial charge in [-0.3, -0.25) is 0 Å². The number of phenols is 1. The maximum absolute atomic E-state index is 9.42. The van der Waals surface area contributed by atoms with Crippen molar-refractivity contribution in [3.05, 3.63) is 59.8 Å². The number of nitrogens with zero attached hydrogens (tertiary/aromatic N) is 3. The Morgan fingerprint density at radius 1 is 1.10 bits per heavy atom. The zero-order valence-electron chi connectivity index (χ0n) is 11.7. The summed E-state index contributed by atoms with van der Waals surface area (Å²) in [6.07, 6.45) is 0. The molecule has 0 fully saturated rings. The van der Waals surface area contributed by atoms with Crippen LogP contribution in [0.15, 0.2) is 48.5 Å². The highest BCUT2D eigenvalue weighted by molar-refractivity contribution is 5.67. The highest BCUT2D eigenvalue weighted by atomic mass is 16.3.